The molecule has 110 valence electrons. The van der Waals surface area contributed by atoms with Gasteiger partial charge in [-0.15, -0.1) is 0 Å². The van der Waals surface area contributed by atoms with E-state index in [9.17, 15) is 0 Å². The molecule has 3 heteroatoms. The van der Waals surface area contributed by atoms with Crippen LogP contribution in [0.25, 0.3) is 0 Å². The average Bonchev–Trinajstić information content (AvgIpc) is 3.38. The van der Waals surface area contributed by atoms with E-state index >= 15 is 0 Å². The Labute approximate surface area is 126 Å². The SMILES string of the molecule is COc1ccc(C(NCCc2cccnc2)C2CC2)cc1. The van der Waals surface area contributed by atoms with Crippen LogP contribution in [0.5, 0.6) is 5.75 Å². The minimum absolute atomic E-state index is 0.465. The molecule has 1 aromatic carbocycles. The fourth-order valence-electron chi connectivity index (χ4n) is 2.72. The number of pyridine rings is 1. The van der Waals surface area contributed by atoms with E-state index in [1.165, 1.54) is 24.0 Å². The molecule has 0 saturated heterocycles. The topological polar surface area (TPSA) is 34.1 Å². The number of hydrogen-bond acceptors (Lipinski definition) is 3. The average molecular weight is 282 g/mol. The molecule has 2 aromatic rings. The first-order valence-electron chi connectivity index (χ1n) is 7.63. The number of hydrogen-bond donors (Lipinski definition) is 1. The lowest BCUT2D eigenvalue weighted by Crippen LogP contribution is -2.25. The van der Waals surface area contributed by atoms with E-state index < -0.39 is 0 Å². The van der Waals surface area contributed by atoms with Gasteiger partial charge in [-0.2, -0.15) is 0 Å². The van der Waals surface area contributed by atoms with Gasteiger partial charge in [0.25, 0.3) is 0 Å². The van der Waals surface area contributed by atoms with Gasteiger partial charge in [-0.05, 0) is 61.1 Å². The fourth-order valence-corrected chi connectivity index (χ4v) is 2.72. The van der Waals surface area contributed by atoms with Gasteiger partial charge in [0, 0.05) is 18.4 Å². The zero-order valence-corrected chi connectivity index (χ0v) is 12.5. The van der Waals surface area contributed by atoms with Crippen molar-refractivity contribution in [2.75, 3.05) is 13.7 Å². The number of rotatable bonds is 7. The van der Waals surface area contributed by atoms with Crippen molar-refractivity contribution in [3.63, 3.8) is 0 Å². The van der Waals surface area contributed by atoms with E-state index in [-0.39, 0.29) is 0 Å². The van der Waals surface area contributed by atoms with Crippen LogP contribution >= 0.6 is 0 Å². The third-order valence-corrected chi connectivity index (χ3v) is 4.07. The summed E-state index contributed by atoms with van der Waals surface area (Å²) in [6.45, 7) is 0.985. The Kier molecular flexibility index (Phi) is 4.51. The lowest BCUT2D eigenvalue weighted by Gasteiger charge is -2.19. The molecule has 1 atom stereocenters. The second kappa shape index (κ2) is 6.72. The summed E-state index contributed by atoms with van der Waals surface area (Å²) in [6, 6.07) is 13.1. The molecule has 1 heterocycles. The van der Waals surface area contributed by atoms with E-state index in [0.29, 0.717) is 6.04 Å². The summed E-state index contributed by atoms with van der Waals surface area (Å²) in [7, 11) is 1.71. The van der Waals surface area contributed by atoms with E-state index in [1.54, 1.807) is 7.11 Å². The zero-order valence-electron chi connectivity index (χ0n) is 12.5. The third kappa shape index (κ3) is 3.82. The van der Waals surface area contributed by atoms with Crippen LogP contribution in [0.1, 0.15) is 30.0 Å². The van der Waals surface area contributed by atoms with Crippen molar-refractivity contribution in [2.45, 2.75) is 25.3 Å². The lowest BCUT2D eigenvalue weighted by molar-refractivity contribution is 0.414. The van der Waals surface area contributed by atoms with Gasteiger partial charge in [0.2, 0.25) is 0 Å². The first-order chi connectivity index (χ1) is 10.4. The predicted octanol–water partition coefficient (Wildman–Crippen LogP) is 3.37. The molecule has 1 aromatic heterocycles. The molecule has 1 unspecified atom stereocenters. The van der Waals surface area contributed by atoms with Gasteiger partial charge in [-0.1, -0.05) is 18.2 Å². The molecular weight excluding hydrogens is 260 g/mol. The Morgan fingerprint density at radius 2 is 2.05 bits per heavy atom. The van der Waals surface area contributed by atoms with Crippen molar-refractivity contribution in [3.05, 3.63) is 59.9 Å². The Morgan fingerprint density at radius 3 is 2.67 bits per heavy atom. The smallest absolute Gasteiger partial charge is 0.118 e. The number of benzene rings is 1. The number of ether oxygens (including phenoxy) is 1. The summed E-state index contributed by atoms with van der Waals surface area (Å²) >= 11 is 0. The van der Waals surface area contributed by atoms with Crippen LogP contribution in [0, 0.1) is 5.92 Å². The van der Waals surface area contributed by atoms with E-state index in [4.69, 9.17) is 4.74 Å². The molecule has 3 rings (SSSR count). The molecule has 0 bridgehead atoms. The largest absolute Gasteiger partial charge is 0.497 e. The van der Waals surface area contributed by atoms with E-state index in [0.717, 1.165) is 24.6 Å². The quantitative estimate of drug-likeness (QED) is 0.845. The third-order valence-electron chi connectivity index (χ3n) is 4.07. The van der Waals surface area contributed by atoms with Crippen molar-refractivity contribution in [2.24, 2.45) is 5.92 Å². The lowest BCUT2D eigenvalue weighted by atomic mass is 10.0. The minimum atomic E-state index is 0.465. The van der Waals surface area contributed by atoms with Gasteiger partial charge in [0.05, 0.1) is 7.11 Å². The Balaban J connectivity index is 1.59. The number of methoxy groups -OCH3 is 1. The first kappa shape index (κ1) is 14.1. The summed E-state index contributed by atoms with van der Waals surface area (Å²) in [4.78, 5) is 4.17. The Hall–Kier alpha value is -1.87. The molecule has 1 saturated carbocycles. The monoisotopic (exact) mass is 282 g/mol. The number of aromatic nitrogens is 1. The van der Waals surface area contributed by atoms with Crippen LogP contribution in [0.15, 0.2) is 48.8 Å². The highest BCUT2D eigenvalue weighted by atomic mass is 16.5. The van der Waals surface area contributed by atoms with Gasteiger partial charge >= 0.3 is 0 Å². The van der Waals surface area contributed by atoms with Crippen LogP contribution in [0.3, 0.4) is 0 Å². The highest BCUT2D eigenvalue weighted by Gasteiger charge is 2.31. The molecule has 1 N–H and O–H groups in total. The van der Waals surface area contributed by atoms with Gasteiger partial charge in [0.1, 0.15) is 5.75 Å². The molecule has 3 nitrogen and oxygen atoms in total. The molecule has 0 spiro atoms. The summed E-state index contributed by atoms with van der Waals surface area (Å²) in [5.74, 6) is 1.70. The Morgan fingerprint density at radius 1 is 1.24 bits per heavy atom. The number of nitrogens with zero attached hydrogens (tertiary/aromatic N) is 1. The van der Waals surface area contributed by atoms with Gasteiger partial charge in [-0.3, -0.25) is 4.98 Å². The maximum atomic E-state index is 5.24. The van der Waals surface area contributed by atoms with Crippen LogP contribution in [0.4, 0.5) is 0 Å². The second-order valence-corrected chi connectivity index (χ2v) is 5.65. The van der Waals surface area contributed by atoms with Crippen LogP contribution < -0.4 is 10.1 Å². The minimum Gasteiger partial charge on any atom is -0.497 e. The Bertz CT molecular complexity index is 549. The van der Waals surface area contributed by atoms with Crippen molar-refractivity contribution >= 4 is 0 Å². The van der Waals surface area contributed by atoms with Gasteiger partial charge in [0.15, 0.2) is 0 Å². The van der Waals surface area contributed by atoms with E-state index in [2.05, 4.69) is 28.5 Å². The second-order valence-electron chi connectivity index (χ2n) is 5.65. The maximum Gasteiger partial charge on any atom is 0.118 e. The molecule has 21 heavy (non-hydrogen) atoms. The molecule has 1 fully saturated rings. The molecule has 1 aliphatic carbocycles. The molecular formula is C18H22N2O. The van der Waals surface area contributed by atoms with Crippen molar-refractivity contribution in [1.82, 2.24) is 10.3 Å². The van der Waals surface area contributed by atoms with Crippen LogP contribution in [-0.2, 0) is 6.42 Å². The summed E-state index contributed by atoms with van der Waals surface area (Å²) in [5, 5.41) is 3.72. The van der Waals surface area contributed by atoms with Gasteiger partial charge < -0.3 is 10.1 Å². The summed E-state index contributed by atoms with van der Waals surface area (Å²) in [5.41, 5.74) is 2.65. The van der Waals surface area contributed by atoms with Crippen molar-refractivity contribution < 1.29 is 4.74 Å². The number of nitrogens with one attached hydrogen (secondary N) is 1. The summed E-state index contributed by atoms with van der Waals surface area (Å²) in [6.07, 6.45) is 7.45. The molecule has 0 aliphatic heterocycles. The maximum absolute atomic E-state index is 5.24. The zero-order chi connectivity index (χ0) is 14.5. The van der Waals surface area contributed by atoms with Crippen LogP contribution in [0.2, 0.25) is 0 Å². The fraction of sp³-hybridized carbons (Fsp3) is 0.389. The van der Waals surface area contributed by atoms with Crippen molar-refractivity contribution in [1.29, 1.82) is 0 Å². The first-order valence-corrected chi connectivity index (χ1v) is 7.63. The molecule has 1 aliphatic rings. The highest BCUT2D eigenvalue weighted by Crippen LogP contribution is 2.41. The van der Waals surface area contributed by atoms with E-state index in [1.807, 2.05) is 30.6 Å². The van der Waals surface area contributed by atoms with Crippen LogP contribution in [-0.4, -0.2) is 18.6 Å². The van der Waals surface area contributed by atoms with Crippen molar-refractivity contribution in [3.8, 4) is 5.75 Å². The predicted molar refractivity (Wildman–Crippen MR) is 84.4 cm³/mol. The summed E-state index contributed by atoms with van der Waals surface area (Å²) < 4.78 is 5.24. The standard InChI is InChI=1S/C18H22N2O/c1-21-17-8-6-16(7-9-17)18(15-4-5-15)20-12-10-14-3-2-11-19-13-14/h2-3,6-9,11,13,15,18,20H,4-5,10,12H2,1H3. The highest BCUT2D eigenvalue weighted by molar-refractivity contribution is 5.30. The van der Waals surface area contributed by atoms with Gasteiger partial charge in [-0.25, -0.2) is 0 Å². The molecule has 0 radical (unpaired) electrons. The normalized spacial score (nSPS) is 15.7. The molecule has 0 amide bonds.